The molecule has 0 aromatic heterocycles. The summed E-state index contributed by atoms with van der Waals surface area (Å²) in [6, 6.07) is 4.01. The van der Waals surface area contributed by atoms with Crippen molar-refractivity contribution in [2.75, 3.05) is 7.11 Å². The fourth-order valence-electron chi connectivity index (χ4n) is 1.37. The molecule has 1 aromatic carbocycles. The maximum absolute atomic E-state index is 12.4. The number of carbonyl (C=O) groups is 1. The van der Waals surface area contributed by atoms with Gasteiger partial charge in [-0.25, -0.2) is 4.79 Å². The first kappa shape index (κ1) is 15.3. The summed E-state index contributed by atoms with van der Waals surface area (Å²) >= 11 is 2.96. The van der Waals surface area contributed by atoms with Crippen LogP contribution in [0.3, 0.4) is 0 Å². The standard InChI is InChI=1S/C11H7BrF3NO3/c1-18-10(17)7-3-2-6(5-16)8(4-12)9(7)19-11(13,14)15/h2-3H,4H2,1H3. The molecule has 0 unspecified atom stereocenters. The highest BCUT2D eigenvalue weighted by molar-refractivity contribution is 9.08. The van der Waals surface area contributed by atoms with E-state index in [1.165, 1.54) is 6.07 Å². The number of esters is 1. The summed E-state index contributed by atoms with van der Waals surface area (Å²) in [6.45, 7) is 0. The van der Waals surface area contributed by atoms with E-state index >= 15 is 0 Å². The third-order valence-corrected chi connectivity index (χ3v) is 2.70. The molecule has 0 saturated carbocycles. The van der Waals surface area contributed by atoms with Crippen molar-refractivity contribution in [3.63, 3.8) is 0 Å². The van der Waals surface area contributed by atoms with Crippen molar-refractivity contribution in [1.82, 2.24) is 0 Å². The van der Waals surface area contributed by atoms with Gasteiger partial charge in [0.15, 0.2) is 0 Å². The number of nitrogens with zero attached hydrogens (tertiary/aromatic N) is 1. The normalized spacial score (nSPS) is 10.7. The molecule has 1 aromatic rings. The zero-order chi connectivity index (χ0) is 14.6. The average Bonchev–Trinajstić information content (AvgIpc) is 2.35. The van der Waals surface area contributed by atoms with Crippen LogP contribution in [0.4, 0.5) is 13.2 Å². The highest BCUT2D eigenvalue weighted by Gasteiger charge is 2.35. The Hall–Kier alpha value is -1.75. The zero-order valence-electron chi connectivity index (χ0n) is 9.55. The molecule has 0 atom stereocenters. The molecule has 8 heteroatoms. The number of rotatable bonds is 3. The highest BCUT2D eigenvalue weighted by Crippen LogP contribution is 2.34. The van der Waals surface area contributed by atoms with Gasteiger partial charge in [-0.15, -0.1) is 13.2 Å². The largest absolute Gasteiger partial charge is 0.573 e. The van der Waals surface area contributed by atoms with Crippen LogP contribution in [0.25, 0.3) is 0 Å². The third kappa shape index (κ3) is 3.61. The molecule has 0 spiro atoms. The Balaban J connectivity index is 3.49. The molecule has 0 aliphatic heterocycles. The highest BCUT2D eigenvalue weighted by atomic mass is 79.9. The van der Waals surface area contributed by atoms with E-state index in [4.69, 9.17) is 5.26 Å². The molecule has 0 N–H and O–H groups in total. The molecule has 4 nitrogen and oxygen atoms in total. The minimum absolute atomic E-state index is 0.0243. The van der Waals surface area contributed by atoms with Crippen LogP contribution in [-0.4, -0.2) is 19.4 Å². The molecule has 102 valence electrons. The number of halogens is 4. The van der Waals surface area contributed by atoms with Crippen molar-refractivity contribution in [3.8, 4) is 11.8 Å². The molecule has 0 amide bonds. The molecule has 0 fully saturated rings. The number of hydrogen-bond donors (Lipinski definition) is 0. The number of hydrogen-bond acceptors (Lipinski definition) is 4. The Morgan fingerprint density at radius 3 is 2.53 bits per heavy atom. The Kier molecular flexibility index (Phi) is 4.78. The van der Waals surface area contributed by atoms with Gasteiger partial charge in [0.1, 0.15) is 11.3 Å². The summed E-state index contributed by atoms with van der Waals surface area (Å²) in [6.07, 6.45) is -4.98. The summed E-state index contributed by atoms with van der Waals surface area (Å²) < 4.78 is 45.3. The van der Waals surface area contributed by atoms with Gasteiger partial charge in [-0.1, -0.05) is 15.9 Å². The quantitative estimate of drug-likeness (QED) is 0.628. The van der Waals surface area contributed by atoms with Gasteiger partial charge in [0.05, 0.1) is 18.7 Å². The van der Waals surface area contributed by atoms with Gasteiger partial charge in [0.25, 0.3) is 0 Å². The van der Waals surface area contributed by atoms with Crippen LogP contribution in [0.15, 0.2) is 12.1 Å². The second-order valence-electron chi connectivity index (χ2n) is 3.25. The van der Waals surface area contributed by atoms with Crippen molar-refractivity contribution in [3.05, 3.63) is 28.8 Å². The molecular weight excluding hydrogens is 331 g/mol. The lowest BCUT2D eigenvalue weighted by Crippen LogP contribution is -2.21. The zero-order valence-corrected chi connectivity index (χ0v) is 11.1. The van der Waals surface area contributed by atoms with Crippen molar-refractivity contribution in [2.24, 2.45) is 0 Å². The van der Waals surface area contributed by atoms with Gasteiger partial charge < -0.3 is 9.47 Å². The topological polar surface area (TPSA) is 59.3 Å². The molecule has 19 heavy (non-hydrogen) atoms. The molecule has 0 radical (unpaired) electrons. The number of nitriles is 1. The Labute approximate surface area is 114 Å². The molecular formula is C11H7BrF3NO3. The van der Waals surface area contributed by atoms with Crippen molar-refractivity contribution in [2.45, 2.75) is 11.7 Å². The van der Waals surface area contributed by atoms with Gasteiger partial charge in [0.2, 0.25) is 0 Å². The average molecular weight is 338 g/mol. The smallest absolute Gasteiger partial charge is 0.465 e. The molecule has 0 heterocycles. The Morgan fingerprint density at radius 2 is 2.11 bits per heavy atom. The van der Waals surface area contributed by atoms with Crippen LogP contribution in [0.5, 0.6) is 5.75 Å². The van der Waals surface area contributed by atoms with Crippen LogP contribution in [0.2, 0.25) is 0 Å². The lowest BCUT2D eigenvalue weighted by Gasteiger charge is -2.16. The fraction of sp³-hybridized carbons (Fsp3) is 0.273. The number of benzene rings is 1. The number of alkyl halides is 4. The fourth-order valence-corrected chi connectivity index (χ4v) is 1.92. The van der Waals surface area contributed by atoms with E-state index in [9.17, 15) is 18.0 Å². The van der Waals surface area contributed by atoms with E-state index in [1.807, 2.05) is 0 Å². The monoisotopic (exact) mass is 337 g/mol. The SMILES string of the molecule is COC(=O)c1ccc(C#N)c(CBr)c1OC(F)(F)F. The predicted octanol–water partition coefficient (Wildman–Crippen LogP) is 3.14. The minimum Gasteiger partial charge on any atom is -0.465 e. The van der Waals surface area contributed by atoms with Gasteiger partial charge in [-0.05, 0) is 12.1 Å². The van der Waals surface area contributed by atoms with E-state index in [-0.39, 0.29) is 16.5 Å². The number of methoxy groups -OCH3 is 1. The first-order chi connectivity index (χ1) is 8.84. The van der Waals surface area contributed by atoms with E-state index in [1.54, 1.807) is 6.07 Å². The van der Waals surface area contributed by atoms with Gasteiger partial charge in [0, 0.05) is 10.9 Å². The lowest BCUT2D eigenvalue weighted by molar-refractivity contribution is -0.275. The van der Waals surface area contributed by atoms with Gasteiger partial charge in [-0.2, -0.15) is 5.26 Å². The summed E-state index contributed by atoms with van der Waals surface area (Å²) in [4.78, 5) is 11.4. The minimum atomic E-state index is -4.98. The Morgan fingerprint density at radius 1 is 1.47 bits per heavy atom. The predicted molar refractivity (Wildman–Crippen MR) is 61.8 cm³/mol. The summed E-state index contributed by atoms with van der Waals surface area (Å²) in [5.74, 6) is -1.71. The molecule has 1 rings (SSSR count). The first-order valence-corrected chi connectivity index (χ1v) is 5.92. The number of carbonyl (C=O) groups excluding carboxylic acids is 1. The van der Waals surface area contributed by atoms with Crippen LogP contribution >= 0.6 is 15.9 Å². The van der Waals surface area contributed by atoms with E-state index in [2.05, 4.69) is 25.4 Å². The molecule has 0 saturated heterocycles. The maximum atomic E-state index is 12.4. The first-order valence-electron chi connectivity index (χ1n) is 4.80. The van der Waals surface area contributed by atoms with Crippen molar-refractivity contribution >= 4 is 21.9 Å². The van der Waals surface area contributed by atoms with Crippen molar-refractivity contribution in [1.29, 1.82) is 5.26 Å². The van der Waals surface area contributed by atoms with Crippen LogP contribution < -0.4 is 4.74 Å². The lowest BCUT2D eigenvalue weighted by atomic mass is 10.0. The van der Waals surface area contributed by atoms with Crippen LogP contribution in [-0.2, 0) is 10.1 Å². The van der Waals surface area contributed by atoms with Crippen LogP contribution in [0, 0.1) is 11.3 Å². The maximum Gasteiger partial charge on any atom is 0.573 e. The summed E-state index contributed by atoms with van der Waals surface area (Å²) in [5.41, 5.74) is -0.486. The van der Waals surface area contributed by atoms with Crippen LogP contribution in [0.1, 0.15) is 21.5 Å². The van der Waals surface area contributed by atoms with Crippen molar-refractivity contribution < 1.29 is 27.4 Å². The molecule has 0 bridgehead atoms. The second-order valence-corrected chi connectivity index (χ2v) is 3.81. The van der Waals surface area contributed by atoms with Gasteiger partial charge in [-0.3, -0.25) is 0 Å². The number of ether oxygens (including phenoxy) is 2. The van der Waals surface area contributed by atoms with E-state index < -0.39 is 23.6 Å². The Bertz CT molecular complexity index is 537. The van der Waals surface area contributed by atoms with E-state index in [0.717, 1.165) is 13.2 Å². The van der Waals surface area contributed by atoms with E-state index in [0.29, 0.717) is 0 Å². The van der Waals surface area contributed by atoms with Gasteiger partial charge >= 0.3 is 12.3 Å². The summed E-state index contributed by atoms with van der Waals surface area (Å²) in [5, 5.41) is 8.76. The molecule has 0 aliphatic carbocycles. The second kappa shape index (κ2) is 5.93. The summed E-state index contributed by atoms with van der Waals surface area (Å²) in [7, 11) is 1.03. The third-order valence-electron chi connectivity index (χ3n) is 2.14. The molecule has 0 aliphatic rings.